The molecule has 1 aliphatic heterocycles. The third kappa shape index (κ3) is 113. The van der Waals surface area contributed by atoms with Crippen molar-refractivity contribution < 1.29 is 45.4 Å². The van der Waals surface area contributed by atoms with Crippen molar-refractivity contribution in [3.63, 3.8) is 0 Å². The minimum atomic E-state index is -4.64. The number of hydrogen-bond acceptors (Lipinski definition) is 1. The average Bonchev–Trinajstić information content (AvgIpc) is 1.95. The van der Waals surface area contributed by atoms with Crippen LogP contribution < -0.4 is 0 Å². The van der Waals surface area contributed by atoms with Crippen LogP contribution in [0.2, 0.25) is 0 Å². The van der Waals surface area contributed by atoms with Gasteiger partial charge in [0.05, 0.1) is 0 Å². The van der Waals surface area contributed by atoms with Gasteiger partial charge in [0.15, 0.2) is 0 Å². The Bertz CT molecular complexity index is 89.7. The first kappa shape index (κ1) is 12.6. The van der Waals surface area contributed by atoms with Crippen molar-refractivity contribution in [2.24, 2.45) is 0 Å². The summed E-state index contributed by atoms with van der Waals surface area (Å²) in [6.45, 7) is 2.25. The van der Waals surface area contributed by atoms with Gasteiger partial charge >= 0.3 is 7.82 Å². The third-order valence-electron chi connectivity index (χ3n) is 0.224. The van der Waals surface area contributed by atoms with E-state index in [1.807, 2.05) is 0 Å². The van der Waals surface area contributed by atoms with Gasteiger partial charge < -0.3 is 20.0 Å². The van der Waals surface area contributed by atoms with Crippen LogP contribution in [0.4, 0.5) is 0 Å². The Morgan fingerprint density at radius 3 is 1.33 bits per heavy atom. The Labute approximate surface area is 71.8 Å². The molecule has 1 rings (SSSR count). The fourth-order valence-corrected chi connectivity index (χ4v) is 0. The van der Waals surface area contributed by atoms with Gasteiger partial charge in [-0.05, 0) is 0 Å². The molecule has 0 spiro atoms. The number of nitrogens with zero attached hydrogens (tertiary/aromatic N) is 1. The first-order chi connectivity index (χ1) is 3.50. The summed E-state index contributed by atoms with van der Waals surface area (Å²) in [5.41, 5.74) is 0. The van der Waals surface area contributed by atoms with E-state index >= 15 is 0 Å². The zero-order chi connectivity index (χ0) is 6.62. The van der Waals surface area contributed by atoms with Crippen molar-refractivity contribution in [3.05, 3.63) is 5.32 Å². The minimum absolute atomic E-state index is 0. The molecule has 54 valence electrons. The van der Waals surface area contributed by atoms with Crippen LogP contribution >= 0.6 is 7.82 Å². The van der Waals surface area contributed by atoms with Gasteiger partial charge in [-0.15, -0.1) is 0 Å². The van der Waals surface area contributed by atoms with E-state index in [0.717, 1.165) is 13.1 Å². The first-order valence-corrected chi connectivity index (χ1v) is 3.48. The molecule has 1 aliphatic rings. The second-order valence-electron chi connectivity index (χ2n) is 1.18. The smallest absolute Gasteiger partial charge is 0.466 e. The van der Waals surface area contributed by atoms with Gasteiger partial charge in [0.1, 0.15) is 0 Å². The van der Waals surface area contributed by atoms with E-state index in [2.05, 4.69) is 5.32 Å². The normalized spacial score (nSPS) is 14.6. The molecular weight excluding hydrogens is 224 g/mol. The van der Waals surface area contributed by atoms with Gasteiger partial charge in [-0.2, -0.15) is 13.1 Å². The number of phosphoric acid groups is 1. The summed E-state index contributed by atoms with van der Waals surface area (Å²) >= 11 is 0. The molecule has 0 radical (unpaired) electrons. The van der Waals surface area contributed by atoms with E-state index in [1.54, 1.807) is 0 Å². The van der Waals surface area contributed by atoms with Crippen LogP contribution in [0, 0.1) is 0 Å². The summed E-state index contributed by atoms with van der Waals surface area (Å²) in [7, 11) is -4.64. The van der Waals surface area contributed by atoms with Crippen molar-refractivity contribution in [2.75, 3.05) is 13.1 Å². The predicted octanol–water partition coefficient (Wildman–Crippen LogP) is -0.557. The van der Waals surface area contributed by atoms with Crippen LogP contribution in [-0.4, -0.2) is 27.8 Å². The molecule has 0 unspecified atom stereocenters. The standard InChI is InChI=1S/C2H4N.H3O4P.Zr/c1-2-3-1;1-5(2,3)4;/h1-2H2;(H3,1,2,3,4);/q-1;;. The summed E-state index contributed by atoms with van der Waals surface area (Å²) in [5.74, 6) is 0. The summed E-state index contributed by atoms with van der Waals surface area (Å²) in [6, 6.07) is 0. The SMILES string of the molecule is C1C[N-]1.O=P(O)(O)O.[Zr]. The van der Waals surface area contributed by atoms with E-state index < -0.39 is 7.82 Å². The molecule has 5 nitrogen and oxygen atoms in total. The molecule has 0 aromatic heterocycles. The minimum Gasteiger partial charge on any atom is -0.665 e. The second-order valence-corrected chi connectivity index (χ2v) is 2.21. The Balaban J connectivity index is 0. The summed E-state index contributed by atoms with van der Waals surface area (Å²) in [5, 5.41) is 3.75. The van der Waals surface area contributed by atoms with Crippen molar-refractivity contribution in [2.45, 2.75) is 0 Å². The van der Waals surface area contributed by atoms with Crippen molar-refractivity contribution in [3.8, 4) is 0 Å². The Hall–Kier alpha value is 0.953. The molecule has 1 saturated heterocycles. The Kier molecular flexibility index (Phi) is 8.01. The summed E-state index contributed by atoms with van der Waals surface area (Å²) < 4.78 is 8.88. The van der Waals surface area contributed by atoms with Crippen LogP contribution in [0.3, 0.4) is 0 Å². The summed E-state index contributed by atoms with van der Waals surface area (Å²) in [6.07, 6.45) is 0. The summed E-state index contributed by atoms with van der Waals surface area (Å²) in [4.78, 5) is 21.6. The van der Waals surface area contributed by atoms with Crippen LogP contribution in [0.5, 0.6) is 0 Å². The second kappa shape index (κ2) is 5.72. The maximum absolute atomic E-state index is 8.88. The molecule has 0 saturated carbocycles. The van der Waals surface area contributed by atoms with E-state index in [1.165, 1.54) is 0 Å². The van der Waals surface area contributed by atoms with Gasteiger partial charge in [-0.25, -0.2) is 4.57 Å². The topological polar surface area (TPSA) is 91.9 Å². The van der Waals surface area contributed by atoms with Crippen LogP contribution in [0.1, 0.15) is 0 Å². The van der Waals surface area contributed by atoms with Gasteiger partial charge in [0.25, 0.3) is 0 Å². The molecule has 0 bridgehead atoms. The number of rotatable bonds is 0. The zero-order valence-corrected chi connectivity index (χ0v) is 7.91. The molecule has 0 atom stereocenters. The van der Waals surface area contributed by atoms with Gasteiger partial charge in [-0.1, -0.05) is 0 Å². The van der Waals surface area contributed by atoms with E-state index in [0.29, 0.717) is 0 Å². The number of hydrogen-bond donors (Lipinski definition) is 3. The van der Waals surface area contributed by atoms with Gasteiger partial charge in [-0.3, -0.25) is 0 Å². The Morgan fingerprint density at radius 1 is 1.22 bits per heavy atom. The van der Waals surface area contributed by atoms with E-state index in [9.17, 15) is 0 Å². The molecule has 7 heteroatoms. The predicted molar refractivity (Wildman–Crippen MR) is 27.4 cm³/mol. The van der Waals surface area contributed by atoms with Crippen LogP contribution in [0.25, 0.3) is 5.32 Å². The molecule has 0 aromatic rings. The zero-order valence-electron chi connectivity index (χ0n) is 4.56. The molecule has 9 heavy (non-hydrogen) atoms. The van der Waals surface area contributed by atoms with Crippen molar-refractivity contribution in [1.29, 1.82) is 0 Å². The fraction of sp³-hybridized carbons (Fsp3) is 1.00. The average molecular weight is 231 g/mol. The molecule has 1 fully saturated rings. The molecule has 1 heterocycles. The van der Waals surface area contributed by atoms with E-state index in [-0.39, 0.29) is 26.2 Å². The maximum Gasteiger partial charge on any atom is 0.466 e. The molecular formula is C2H7NO4PZr-. The molecule has 0 aromatic carbocycles. The van der Waals surface area contributed by atoms with Crippen LogP contribution in [-0.2, 0) is 30.8 Å². The quantitative estimate of drug-likeness (QED) is 0.385. The third-order valence-corrected chi connectivity index (χ3v) is 0.224. The van der Waals surface area contributed by atoms with E-state index in [4.69, 9.17) is 19.2 Å². The fourth-order valence-electron chi connectivity index (χ4n) is 0. The molecule has 0 amide bonds. The van der Waals surface area contributed by atoms with Crippen molar-refractivity contribution in [1.82, 2.24) is 0 Å². The monoisotopic (exact) mass is 230 g/mol. The Morgan fingerprint density at radius 2 is 1.33 bits per heavy atom. The van der Waals surface area contributed by atoms with Gasteiger partial charge in [0, 0.05) is 26.2 Å². The molecule has 0 aliphatic carbocycles. The van der Waals surface area contributed by atoms with Crippen molar-refractivity contribution >= 4 is 7.82 Å². The maximum atomic E-state index is 8.88. The first-order valence-electron chi connectivity index (χ1n) is 1.92. The van der Waals surface area contributed by atoms with Crippen LogP contribution in [0.15, 0.2) is 0 Å². The van der Waals surface area contributed by atoms with Gasteiger partial charge in [0.2, 0.25) is 0 Å². The largest absolute Gasteiger partial charge is 0.665 e. The molecule has 3 N–H and O–H groups in total.